The molecule has 1 fully saturated rings. The average Bonchev–Trinajstić information content (AvgIpc) is 3.01. The Labute approximate surface area is 144 Å². The van der Waals surface area contributed by atoms with Crippen molar-refractivity contribution < 1.29 is 18.7 Å². The molecule has 2 aliphatic rings. The first-order chi connectivity index (χ1) is 11.9. The van der Waals surface area contributed by atoms with Crippen LogP contribution < -0.4 is 4.90 Å². The smallest absolute Gasteiger partial charge is 0.276 e. The van der Waals surface area contributed by atoms with E-state index < -0.39 is 5.60 Å². The molecule has 0 radical (unpaired) electrons. The van der Waals surface area contributed by atoms with Gasteiger partial charge in [0.15, 0.2) is 5.76 Å². The Hall–Kier alpha value is -2.95. The van der Waals surface area contributed by atoms with Crippen molar-refractivity contribution in [2.45, 2.75) is 18.9 Å². The highest BCUT2D eigenvalue weighted by Gasteiger charge is 2.58. The number of amides is 1. The number of anilines is 1. The minimum Gasteiger partial charge on any atom is -0.468 e. The second-order valence-corrected chi connectivity index (χ2v) is 6.47. The van der Waals surface area contributed by atoms with Crippen LogP contribution in [0.5, 0.6) is 0 Å². The summed E-state index contributed by atoms with van der Waals surface area (Å²) in [6, 6.07) is 11.4. The first-order valence-electron chi connectivity index (χ1n) is 7.99. The molecule has 5 heteroatoms. The Morgan fingerprint density at radius 3 is 2.60 bits per heavy atom. The molecule has 4 nitrogen and oxygen atoms in total. The lowest BCUT2D eigenvalue weighted by molar-refractivity contribution is -0.135. The molecule has 4 rings (SSSR count). The number of allylic oxidation sites excluding steroid dienone is 1. The number of likely N-dealkylation sites (N-methyl/N-ethyl adjacent to an activating group) is 1. The van der Waals surface area contributed by atoms with Crippen LogP contribution in [0.3, 0.4) is 0 Å². The Morgan fingerprint density at radius 1 is 1.16 bits per heavy atom. The molecule has 0 N–H and O–H groups in total. The monoisotopic (exact) mass is 337 g/mol. The molecule has 1 spiro atoms. The summed E-state index contributed by atoms with van der Waals surface area (Å²) in [6.45, 7) is 1.93. The molecule has 1 atom stereocenters. The van der Waals surface area contributed by atoms with Gasteiger partial charge in [0.05, 0.1) is 12.1 Å². The van der Waals surface area contributed by atoms with Crippen LogP contribution in [-0.4, -0.2) is 18.7 Å². The number of fused-ring (bicyclic) bond motifs is 2. The van der Waals surface area contributed by atoms with Crippen molar-refractivity contribution in [3.8, 4) is 0 Å². The number of nitrogens with zero attached hydrogens (tertiary/aromatic N) is 1. The van der Waals surface area contributed by atoms with Crippen molar-refractivity contribution in [2.24, 2.45) is 0 Å². The molecule has 2 aromatic rings. The number of hydrogen-bond donors (Lipinski definition) is 0. The molecule has 0 aliphatic carbocycles. The van der Waals surface area contributed by atoms with E-state index in [1.807, 2.05) is 25.1 Å². The number of halogens is 1. The van der Waals surface area contributed by atoms with Gasteiger partial charge < -0.3 is 9.64 Å². The van der Waals surface area contributed by atoms with Gasteiger partial charge in [-0.1, -0.05) is 23.8 Å². The SMILES string of the molecule is Cc1ccc2c(c1)C1(CC(=O)/C(=C\c3ccc(F)cc3)O1)C(=O)N2C. The fourth-order valence-corrected chi connectivity index (χ4v) is 3.45. The zero-order valence-corrected chi connectivity index (χ0v) is 13.9. The number of rotatable bonds is 1. The quantitative estimate of drug-likeness (QED) is 0.750. The van der Waals surface area contributed by atoms with E-state index in [0.717, 1.165) is 16.8 Å². The summed E-state index contributed by atoms with van der Waals surface area (Å²) in [5.74, 6) is -0.707. The molecule has 1 saturated heterocycles. The number of benzene rings is 2. The van der Waals surface area contributed by atoms with Gasteiger partial charge in [0.2, 0.25) is 11.4 Å². The molecule has 2 heterocycles. The largest absolute Gasteiger partial charge is 0.468 e. The summed E-state index contributed by atoms with van der Waals surface area (Å²) in [5.41, 5.74) is 1.82. The van der Waals surface area contributed by atoms with Crippen molar-refractivity contribution in [2.75, 3.05) is 11.9 Å². The van der Waals surface area contributed by atoms with Gasteiger partial charge in [0.25, 0.3) is 5.91 Å². The fraction of sp³-hybridized carbons (Fsp3) is 0.200. The molecule has 1 unspecified atom stereocenters. The Morgan fingerprint density at radius 2 is 1.88 bits per heavy atom. The van der Waals surface area contributed by atoms with Crippen molar-refractivity contribution in [1.82, 2.24) is 0 Å². The van der Waals surface area contributed by atoms with Gasteiger partial charge in [-0.15, -0.1) is 0 Å². The molecule has 126 valence electrons. The predicted octanol–water partition coefficient (Wildman–Crippen LogP) is 3.34. The van der Waals surface area contributed by atoms with Crippen molar-refractivity contribution in [1.29, 1.82) is 0 Å². The summed E-state index contributed by atoms with van der Waals surface area (Å²) in [7, 11) is 1.68. The number of carbonyl (C=O) groups excluding carboxylic acids is 2. The zero-order chi connectivity index (χ0) is 17.8. The van der Waals surface area contributed by atoms with Gasteiger partial charge in [0, 0.05) is 12.6 Å². The Balaban J connectivity index is 1.78. The molecule has 0 aromatic heterocycles. The number of Topliss-reactive ketones (excluding diaryl/α,β-unsaturated/α-hetero) is 1. The Bertz CT molecular complexity index is 932. The molecule has 2 aliphatic heterocycles. The van der Waals surface area contributed by atoms with Crippen LogP contribution in [0, 0.1) is 12.7 Å². The third kappa shape index (κ3) is 2.27. The lowest BCUT2D eigenvalue weighted by atomic mass is 9.91. The fourth-order valence-electron chi connectivity index (χ4n) is 3.45. The van der Waals surface area contributed by atoms with Crippen LogP contribution in [0.4, 0.5) is 10.1 Å². The topological polar surface area (TPSA) is 46.6 Å². The maximum atomic E-state index is 13.0. The van der Waals surface area contributed by atoms with Crippen molar-refractivity contribution in [3.63, 3.8) is 0 Å². The molecular formula is C20H16FNO3. The number of hydrogen-bond acceptors (Lipinski definition) is 3. The van der Waals surface area contributed by atoms with Gasteiger partial charge in [-0.25, -0.2) is 4.39 Å². The van der Waals surface area contributed by atoms with E-state index in [1.54, 1.807) is 25.3 Å². The van der Waals surface area contributed by atoms with Gasteiger partial charge >= 0.3 is 0 Å². The minimum absolute atomic E-state index is 0.0281. The first-order valence-corrected chi connectivity index (χ1v) is 7.99. The summed E-state index contributed by atoms with van der Waals surface area (Å²) < 4.78 is 19.0. The summed E-state index contributed by atoms with van der Waals surface area (Å²) in [4.78, 5) is 26.9. The number of aryl methyl sites for hydroxylation is 1. The van der Waals surface area contributed by atoms with Gasteiger partial charge in [-0.3, -0.25) is 9.59 Å². The van der Waals surface area contributed by atoms with Crippen LogP contribution >= 0.6 is 0 Å². The minimum atomic E-state index is -1.29. The second-order valence-electron chi connectivity index (χ2n) is 6.47. The predicted molar refractivity (Wildman–Crippen MR) is 91.4 cm³/mol. The third-order valence-corrected chi connectivity index (χ3v) is 4.73. The van der Waals surface area contributed by atoms with Gasteiger partial charge in [-0.05, 0) is 42.8 Å². The lowest BCUT2D eigenvalue weighted by Crippen LogP contribution is -2.38. The van der Waals surface area contributed by atoms with E-state index in [9.17, 15) is 14.0 Å². The summed E-state index contributed by atoms with van der Waals surface area (Å²) in [5, 5.41) is 0. The van der Waals surface area contributed by atoms with E-state index in [2.05, 4.69) is 0 Å². The van der Waals surface area contributed by atoms with Crippen LogP contribution in [0.15, 0.2) is 48.2 Å². The van der Waals surface area contributed by atoms with E-state index in [1.165, 1.54) is 17.0 Å². The first kappa shape index (κ1) is 15.6. The summed E-state index contributed by atoms with van der Waals surface area (Å²) in [6.07, 6.45) is 1.53. The maximum Gasteiger partial charge on any atom is 0.276 e. The van der Waals surface area contributed by atoms with Crippen LogP contribution in [0.25, 0.3) is 6.08 Å². The van der Waals surface area contributed by atoms with E-state index in [4.69, 9.17) is 4.74 Å². The van der Waals surface area contributed by atoms with Crippen LogP contribution in [-0.2, 0) is 19.9 Å². The van der Waals surface area contributed by atoms with Crippen LogP contribution in [0.2, 0.25) is 0 Å². The molecule has 25 heavy (non-hydrogen) atoms. The average molecular weight is 337 g/mol. The van der Waals surface area contributed by atoms with Crippen molar-refractivity contribution >= 4 is 23.5 Å². The number of ketones is 1. The van der Waals surface area contributed by atoms with Gasteiger partial charge in [0.1, 0.15) is 5.82 Å². The normalized spacial score (nSPS) is 23.5. The highest BCUT2D eigenvalue weighted by Crippen LogP contribution is 2.49. The number of ether oxygens (including phenoxy) is 1. The Kier molecular flexibility index (Phi) is 3.29. The molecule has 2 aromatic carbocycles. The highest BCUT2D eigenvalue weighted by atomic mass is 19.1. The standard InChI is InChI=1S/C20H16FNO3/c1-12-3-8-16-15(9-12)20(19(24)22(16)2)11-17(23)18(25-20)10-13-4-6-14(21)7-5-13/h3-10H,11H2,1-2H3/b18-10+. The lowest BCUT2D eigenvalue weighted by Gasteiger charge is -2.21. The van der Waals surface area contributed by atoms with E-state index in [0.29, 0.717) is 5.56 Å². The highest BCUT2D eigenvalue weighted by molar-refractivity contribution is 6.13. The molecule has 1 amide bonds. The maximum absolute atomic E-state index is 13.0. The van der Waals surface area contributed by atoms with Gasteiger partial charge in [-0.2, -0.15) is 0 Å². The second kappa shape index (κ2) is 5.28. The molecule has 0 saturated carbocycles. The van der Waals surface area contributed by atoms with Crippen LogP contribution in [0.1, 0.15) is 23.1 Å². The number of carbonyl (C=O) groups is 2. The summed E-state index contributed by atoms with van der Waals surface area (Å²) >= 11 is 0. The van der Waals surface area contributed by atoms with E-state index >= 15 is 0 Å². The van der Waals surface area contributed by atoms with E-state index in [-0.39, 0.29) is 29.7 Å². The zero-order valence-electron chi connectivity index (χ0n) is 13.9. The third-order valence-electron chi connectivity index (χ3n) is 4.73. The molecular weight excluding hydrogens is 321 g/mol. The van der Waals surface area contributed by atoms with Crippen molar-refractivity contribution in [3.05, 3.63) is 70.7 Å². The molecule has 0 bridgehead atoms.